The Balaban J connectivity index is 2.78. The van der Waals surface area contributed by atoms with Gasteiger partial charge < -0.3 is 9.47 Å². The van der Waals surface area contributed by atoms with E-state index in [1.54, 1.807) is 26.4 Å². The summed E-state index contributed by atoms with van der Waals surface area (Å²) in [6.07, 6.45) is 1.61. The van der Waals surface area contributed by atoms with E-state index < -0.39 is 0 Å². The number of benzene rings is 1. The Labute approximate surface area is 106 Å². The van der Waals surface area contributed by atoms with Crippen molar-refractivity contribution in [2.45, 2.75) is 13.3 Å². The summed E-state index contributed by atoms with van der Waals surface area (Å²) >= 11 is 0. The molecular weight excluding hydrogens is 230 g/mol. The molecule has 4 nitrogen and oxygen atoms in total. The van der Waals surface area contributed by atoms with Gasteiger partial charge in [0.25, 0.3) is 0 Å². The highest BCUT2D eigenvalue weighted by Crippen LogP contribution is 2.30. The van der Waals surface area contributed by atoms with Crippen molar-refractivity contribution in [3.63, 3.8) is 0 Å². The number of carbonyl (C=O) groups excluding carboxylic acids is 1. The largest absolute Gasteiger partial charge is 0.496 e. The minimum Gasteiger partial charge on any atom is -0.496 e. The van der Waals surface area contributed by atoms with E-state index in [2.05, 4.69) is 4.98 Å². The van der Waals surface area contributed by atoms with Crippen molar-refractivity contribution >= 4 is 17.2 Å². The van der Waals surface area contributed by atoms with Crippen LogP contribution in [0.3, 0.4) is 0 Å². The number of aldehydes is 1. The number of ether oxygens (including phenoxy) is 2. The Kier molecular flexibility index (Phi) is 3.46. The molecule has 18 heavy (non-hydrogen) atoms. The predicted octanol–water partition coefficient (Wildman–Crippen LogP) is 2.63. The maximum absolute atomic E-state index is 10.9. The lowest BCUT2D eigenvalue weighted by atomic mass is 10.1. The molecule has 0 radical (unpaired) electrons. The monoisotopic (exact) mass is 245 g/mol. The summed E-state index contributed by atoms with van der Waals surface area (Å²) in [4.78, 5) is 15.3. The molecule has 94 valence electrons. The van der Waals surface area contributed by atoms with Crippen LogP contribution < -0.4 is 9.47 Å². The van der Waals surface area contributed by atoms with Crippen molar-refractivity contribution in [1.29, 1.82) is 0 Å². The first-order valence-electron chi connectivity index (χ1n) is 5.74. The predicted molar refractivity (Wildman–Crippen MR) is 69.6 cm³/mol. The van der Waals surface area contributed by atoms with Crippen LogP contribution >= 0.6 is 0 Å². The molecule has 0 saturated heterocycles. The van der Waals surface area contributed by atoms with E-state index in [4.69, 9.17) is 9.47 Å². The highest BCUT2D eigenvalue weighted by Gasteiger charge is 2.10. The van der Waals surface area contributed by atoms with Gasteiger partial charge in [0.2, 0.25) is 5.88 Å². The van der Waals surface area contributed by atoms with E-state index >= 15 is 0 Å². The van der Waals surface area contributed by atoms with Gasteiger partial charge in [-0.15, -0.1) is 0 Å². The molecule has 0 aliphatic carbocycles. The first-order valence-corrected chi connectivity index (χ1v) is 5.74. The average molecular weight is 245 g/mol. The molecule has 0 bridgehead atoms. The summed E-state index contributed by atoms with van der Waals surface area (Å²) in [6, 6.07) is 5.43. The molecule has 0 aliphatic rings. The van der Waals surface area contributed by atoms with Gasteiger partial charge in [0.05, 0.1) is 19.7 Å². The van der Waals surface area contributed by atoms with E-state index in [-0.39, 0.29) is 0 Å². The Bertz CT molecular complexity index is 593. The third kappa shape index (κ3) is 2.01. The molecule has 0 spiro atoms. The van der Waals surface area contributed by atoms with Gasteiger partial charge in [-0.05, 0) is 24.6 Å². The van der Waals surface area contributed by atoms with Crippen LogP contribution in [0.2, 0.25) is 0 Å². The van der Waals surface area contributed by atoms with Crippen molar-refractivity contribution < 1.29 is 14.3 Å². The molecule has 0 aliphatic heterocycles. The molecule has 4 heteroatoms. The summed E-state index contributed by atoms with van der Waals surface area (Å²) in [5.74, 6) is 1.24. The van der Waals surface area contributed by atoms with Crippen LogP contribution in [-0.4, -0.2) is 25.5 Å². The Morgan fingerprint density at radius 2 is 2.00 bits per heavy atom. The number of pyridine rings is 1. The smallest absolute Gasteiger partial charge is 0.216 e. The topological polar surface area (TPSA) is 48.4 Å². The number of rotatable bonds is 4. The fraction of sp³-hybridized carbons (Fsp3) is 0.286. The van der Waals surface area contributed by atoms with Gasteiger partial charge in [-0.25, -0.2) is 4.98 Å². The Morgan fingerprint density at radius 1 is 1.22 bits per heavy atom. The van der Waals surface area contributed by atoms with Gasteiger partial charge >= 0.3 is 0 Å². The summed E-state index contributed by atoms with van der Waals surface area (Å²) < 4.78 is 10.6. The van der Waals surface area contributed by atoms with Gasteiger partial charge in [-0.2, -0.15) is 0 Å². The van der Waals surface area contributed by atoms with E-state index in [1.165, 1.54) is 0 Å². The van der Waals surface area contributed by atoms with Crippen LogP contribution in [0, 0.1) is 0 Å². The molecule has 2 aromatic rings. The molecule has 0 N–H and O–H groups in total. The lowest BCUT2D eigenvalue weighted by molar-refractivity contribution is 0.112. The fourth-order valence-electron chi connectivity index (χ4n) is 1.95. The zero-order valence-corrected chi connectivity index (χ0v) is 10.7. The normalized spacial score (nSPS) is 10.4. The van der Waals surface area contributed by atoms with Crippen LogP contribution in [0.1, 0.15) is 22.8 Å². The van der Waals surface area contributed by atoms with Gasteiger partial charge in [-0.1, -0.05) is 6.92 Å². The second-order valence-electron chi connectivity index (χ2n) is 3.92. The quantitative estimate of drug-likeness (QED) is 0.777. The number of aryl methyl sites for hydroxylation is 1. The number of carbonyl (C=O) groups is 1. The van der Waals surface area contributed by atoms with E-state index in [0.29, 0.717) is 22.7 Å². The highest BCUT2D eigenvalue weighted by atomic mass is 16.5. The standard InChI is InChI=1S/C14H15NO3/c1-4-10-7-11-12(15-14(10)18-3)5-9(8-16)6-13(11)17-2/h5-8H,4H2,1-3H3. The van der Waals surface area contributed by atoms with Gasteiger partial charge in [0.1, 0.15) is 12.0 Å². The summed E-state index contributed by atoms with van der Waals surface area (Å²) in [7, 11) is 3.17. The van der Waals surface area contributed by atoms with Crippen molar-refractivity contribution in [3.8, 4) is 11.6 Å². The van der Waals surface area contributed by atoms with Gasteiger partial charge in [0.15, 0.2) is 0 Å². The third-order valence-electron chi connectivity index (χ3n) is 2.89. The Morgan fingerprint density at radius 3 is 2.56 bits per heavy atom. The molecule has 0 atom stereocenters. The molecule has 0 fully saturated rings. The highest BCUT2D eigenvalue weighted by molar-refractivity contribution is 5.92. The minimum atomic E-state index is 0.540. The molecule has 2 rings (SSSR count). The molecule has 0 unspecified atom stereocenters. The lowest BCUT2D eigenvalue weighted by Gasteiger charge is -2.11. The molecular formula is C14H15NO3. The lowest BCUT2D eigenvalue weighted by Crippen LogP contribution is -1.97. The maximum atomic E-state index is 10.9. The Hall–Kier alpha value is -2.10. The van der Waals surface area contributed by atoms with Crippen molar-refractivity contribution in [2.75, 3.05) is 14.2 Å². The van der Waals surface area contributed by atoms with Crippen molar-refractivity contribution in [1.82, 2.24) is 4.98 Å². The first-order chi connectivity index (χ1) is 8.73. The van der Waals surface area contributed by atoms with E-state index in [9.17, 15) is 4.79 Å². The van der Waals surface area contributed by atoms with Crippen LogP contribution in [0.25, 0.3) is 10.9 Å². The van der Waals surface area contributed by atoms with E-state index in [1.807, 2.05) is 13.0 Å². The molecule has 0 amide bonds. The molecule has 1 aromatic carbocycles. The third-order valence-corrected chi connectivity index (χ3v) is 2.89. The summed E-state index contributed by atoms with van der Waals surface area (Å²) in [5.41, 5.74) is 2.26. The maximum Gasteiger partial charge on any atom is 0.216 e. The number of methoxy groups -OCH3 is 2. The van der Waals surface area contributed by atoms with Gasteiger partial charge in [-0.3, -0.25) is 4.79 Å². The zero-order chi connectivity index (χ0) is 13.1. The number of nitrogens with zero attached hydrogens (tertiary/aromatic N) is 1. The average Bonchev–Trinajstić information content (AvgIpc) is 2.44. The second kappa shape index (κ2) is 5.04. The van der Waals surface area contributed by atoms with Crippen molar-refractivity contribution in [2.24, 2.45) is 0 Å². The van der Waals surface area contributed by atoms with Crippen molar-refractivity contribution in [3.05, 3.63) is 29.3 Å². The first kappa shape index (κ1) is 12.4. The molecule has 1 aromatic heterocycles. The van der Waals surface area contributed by atoms with Crippen LogP contribution in [0.4, 0.5) is 0 Å². The SMILES string of the molecule is CCc1cc2c(OC)cc(C=O)cc2nc1OC. The molecule has 1 heterocycles. The van der Waals surface area contributed by atoms with Crippen LogP contribution in [0.15, 0.2) is 18.2 Å². The van der Waals surface area contributed by atoms with Gasteiger partial charge in [0, 0.05) is 16.5 Å². The zero-order valence-electron chi connectivity index (χ0n) is 10.7. The summed E-state index contributed by atoms with van der Waals surface area (Å²) in [5, 5.41) is 0.890. The molecule has 0 saturated carbocycles. The number of aromatic nitrogens is 1. The van der Waals surface area contributed by atoms with Crippen LogP contribution in [-0.2, 0) is 6.42 Å². The van der Waals surface area contributed by atoms with Crippen LogP contribution in [0.5, 0.6) is 11.6 Å². The number of hydrogen-bond acceptors (Lipinski definition) is 4. The summed E-state index contributed by atoms with van der Waals surface area (Å²) in [6.45, 7) is 2.04. The fourth-order valence-corrected chi connectivity index (χ4v) is 1.95. The number of fused-ring (bicyclic) bond motifs is 1. The van der Waals surface area contributed by atoms with E-state index in [0.717, 1.165) is 23.7 Å². The minimum absolute atomic E-state index is 0.540. The number of hydrogen-bond donors (Lipinski definition) is 0. The second-order valence-corrected chi connectivity index (χ2v) is 3.92.